The first-order chi connectivity index (χ1) is 13.8. The maximum atomic E-state index is 12.6. The number of aromatic amines is 1. The van der Waals surface area contributed by atoms with Crippen LogP contribution in [-0.4, -0.2) is 33.9 Å². The molecule has 1 amide bonds. The van der Waals surface area contributed by atoms with Crippen LogP contribution in [0.25, 0.3) is 6.08 Å². The Morgan fingerprint density at radius 1 is 1.14 bits per heavy atom. The fraction of sp³-hybridized carbons (Fsp3) is 0.458. The fourth-order valence-corrected chi connectivity index (χ4v) is 4.49. The number of H-pyrrole nitrogens is 1. The average molecular weight is 392 g/mol. The van der Waals surface area contributed by atoms with Crippen LogP contribution in [0.4, 0.5) is 0 Å². The molecular weight excluding hydrogens is 362 g/mol. The van der Waals surface area contributed by atoms with Crippen molar-refractivity contribution >= 4 is 12.0 Å². The molecule has 1 saturated heterocycles. The predicted octanol–water partition coefficient (Wildman–Crippen LogP) is 3.59. The summed E-state index contributed by atoms with van der Waals surface area (Å²) in [5.41, 5.74) is 2.61. The lowest BCUT2D eigenvalue weighted by Crippen LogP contribution is -2.44. The van der Waals surface area contributed by atoms with Crippen molar-refractivity contribution in [1.82, 2.24) is 14.9 Å². The molecule has 0 bridgehead atoms. The van der Waals surface area contributed by atoms with E-state index in [1.807, 2.05) is 41.3 Å². The molecule has 2 heterocycles. The summed E-state index contributed by atoms with van der Waals surface area (Å²) in [6, 6.07) is 9.87. The van der Waals surface area contributed by atoms with Gasteiger partial charge in [-0.3, -0.25) is 9.59 Å². The van der Waals surface area contributed by atoms with E-state index in [0.29, 0.717) is 13.1 Å². The number of nitrogens with zero attached hydrogens (tertiary/aromatic N) is 2. The Morgan fingerprint density at radius 3 is 2.48 bits per heavy atom. The Hall–Kier alpha value is -2.69. The summed E-state index contributed by atoms with van der Waals surface area (Å²) in [6.45, 7) is 7.62. The van der Waals surface area contributed by atoms with Crippen molar-refractivity contribution in [2.24, 2.45) is 0 Å². The van der Waals surface area contributed by atoms with Crippen molar-refractivity contribution in [2.75, 3.05) is 13.1 Å². The number of rotatable bonds is 2. The second kappa shape index (κ2) is 7.29. The maximum Gasteiger partial charge on any atom is 0.254 e. The van der Waals surface area contributed by atoms with Crippen LogP contribution >= 0.6 is 0 Å². The van der Waals surface area contributed by atoms with E-state index >= 15 is 0 Å². The summed E-state index contributed by atoms with van der Waals surface area (Å²) < 4.78 is 0. The highest BCUT2D eigenvalue weighted by molar-refractivity contribution is 5.91. The molecule has 1 spiro atoms. The Labute approximate surface area is 171 Å². The van der Waals surface area contributed by atoms with Crippen molar-refractivity contribution in [3.63, 3.8) is 0 Å². The highest BCUT2D eigenvalue weighted by Gasteiger charge is 2.44. The average Bonchev–Trinajstić information content (AvgIpc) is 3.05. The summed E-state index contributed by atoms with van der Waals surface area (Å²) in [7, 11) is 0. The summed E-state index contributed by atoms with van der Waals surface area (Å²) in [6.07, 6.45) is 7.00. The monoisotopic (exact) mass is 391 g/mol. The van der Waals surface area contributed by atoms with E-state index in [0.717, 1.165) is 48.3 Å². The first kappa shape index (κ1) is 19.6. The van der Waals surface area contributed by atoms with Gasteiger partial charge in [0.25, 0.3) is 5.56 Å². The molecular formula is C24H29N3O2. The van der Waals surface area contributed by atoms with E-state index in [4.69, 9.17) is 4.98 Å². The summed E-state index contributed by atoms with van der Waals surface area (Å²) in [5, 5.41) is 0. The van der Waals surface area contributed by atoms with E-state index in [1.165, 1.54) is 0 Å². The van der Waals surface area contributed by atoms with Crippen molar-refractivity contribution < 1.29 is 4.79 Å². The minimum atomic E-state index is -0.198. The number of benzene rings is 1. The minimum Gasteiger partial charge on any atom is -0.339 e. The lowest BCUT2D eigenvalue weighted by molar-refractivity contribution is -0.127. The molecule has 1 aliphatic carbocycles. The van der Waals surface area contributed by atoms with Gasteiger partial charge in [-0.25, -0.2) is 4.98 Å². The van der Waals surface area contributed by atoms with E-state index in [9.17, 15) is 9.59 Å². The third-order valence-electron chi connectivity index (χ3n) is 6.33. The topological polar surface area (TPSA) is 66.1 Å². The van der Waals surface area contributed by atoms with Crippen molar-refractivity contribution in [3.8, 4) is 0 Å². The van der Waals surface area contributed by atoms with E-state index in [2.05, 4.69) is 25.8 Å². The van der Waals surface area contributed by atoms with Crippen LogP contribution in [0.1, 0.15) is 62.7 Å². The largest absolute Gasteiger partial charge is 0.339 e. The normalized spacial score (nSPS) is 18.4. The van der Waals surface area contributed by atoms with E-state index in [1.54, 1.807) is 6.08 Å². The number of likely N-dealkylation sites (tertiary alicyclic amines) is 1. The highest BCUT2D eigenvalue weighted by atomic mass is 16.2. The van der Waals surface area contributed by atoms with Gasteiger partial charge in [0.15, 0.2) is 0 Å². The number of carbonyl (C=O) groups excluding carboxylic acids is 1. The van der Waals surface area contributed by atoms with Crippen molar-refractivity contribution in [1.29, 1.82) is 0 Å². The van der Waals surface area contributed by atoms with Gasteiger partial charge in [-0.15, -0.1) is 0 Å². The number of fused-ring (bicyclic) bond motifs is 2. The van der Waals surface area contributed by atoms with Crippen LogP contribution in [0.5, 0.6) is 0 Å². The molecule has 5 heteroatoms. The zero-order chi connectivity index (χ0) is 20.6. The third-order valence-corrected chi connectivity index (χ3v) is 6.33. The summed E-state index contributed by atoms with van der Waals surface area (Å²) >= 11 is 0. The quantitative estimate of drug-likeness (QED) is 0.796. The number of amides is 1. The number of piperidine rings is 1. The van der Waals surface area contributed by atoms with Gasteiger partial charge in [0.2, 0.25) is 5.91 Å². The van der Waals surface area contributed by atoms with Gasteiger partial charge in [0.05, 0.1) is 5.69 Å². The molecule has 2 aromatic rings. The molecule has 1 N–H and O–H groups in total. The molecule has 1 aliphatic heterocycles. The van der Waals surface area contributed by atoms with Crippen LogP contribution in [0.3, 0.4) is 0 Å². The summed E-state index contributed by atoms with van der Waals surface area (Å²) in [5.74, 6) is 0.808. The van der Waals surface area contributed by atoms with Gasteiger partial charge in [0, 0.05) is 35.6 Å². The number of hydrogen-bond donors (Lipinski definition) is 1. The molecule has 1 aromatic carbocycles. The van der Waals surface area contributed by atoms with Crippen LogP contribution in [0.2, 0.25) is 0 Å². The summed E-state index contributed by atoms with van der Waals surface area (Å²) in [4.78, 5) is 35.1. The molecule has 0 atom stereocenters. The van der Waals surface area contributed by atoms with Crippen LogP contribution in [0, 0.1) is 0 Å². The van der Waals surface area contributed by atoms with Gasteiger partial charge in [-0.05, 0) is 37.3 Å². The number of aromatic nitrogens is 2. The second-order valence-corrected chi connectivity index (χ2v) is 9.34. The highest BCUT2D eigenvalue weighted by Crippen LogP contribution is 2.44. The molecule has 1 fully saturated rings. The number of nitrogens with one attached hydrogen (secondary N) is 1. The molecule has 0 saturated carbocycles. The van der Waals surface area contributed by atoms with Gasteiger partial charge < -0.3 is 9.88 Å². The van der Waals surface area contributed by atoms with Crippen LogP contribution in [0.15, 0.2) is 41.2 Å². The van der Waals surface area contributed by atoms with E-state index in [-0.39, 0.29) is 22.3 Å². The Balaban J connectivity index is 1.51. The molecule has 0 unspecified atom stereocenters. The third kappa shape index (κ3) is 3.78. The Kier molecular flexibility index (Phi) is 4.93. The second-order valence-electron chi connectivity index (χ2n) is 9.34. The van der Waals surface area contributed by atoms with Gasteiger partial charge in [0.1, 0.15) is 5.82 Å². The molecule has 2 aliphatic rings. The number of hydrogen-bond acceptors (Lipinski definition) is 3. The molecule has 5 nitrogen and oxygen atoms in total. The van der Waals surface area contributed by atoms with Crippen molar-refractivity contribution in [3.05, 3.63) is 69.4 Å². The van der Waals surface area contributed by atoms with E-state index < -0.39 is 0 Å². The lowest BCUT2D eigenvalue weighted by Gasteiger charge is -2.39. The molecule has 4 rings (SSSR count). The van der Waals surface area contributed by atoms with Crippen LogP contribution in [-0.2, 0) is 22.0 Å². The Morgan fingerprint density at radius 2 is 1.83 bits per heavy atom. The molecule has 29 heavy (non-hydrogen) atoms. The molecule has 152 valence electrons. The predicted molar refractivity (Wildman–Crippen MR) is 115 cm³/mol. The molecule has 0 radical (unpaired) electrons. The zero-order valence-electron chi connectivity index (χ0n) is 17.5. The van der Waals surface area contributed by atoms with Crippen molar-refractivity contribution in [2.45, 2.75) is 57.3 Å². The first-order valence-corrected chi connectivity index (χ1v) is 10.4. The fourth-order valence-electron chi connectivity index (χ4n) is 4.49. The number of carbonyl (C=O) groups is 1. The minimum absolute atomic E-state index is 0.0149. The van der Waals surface area contributed by atoms with Gasteiger partial charge in [-0.2, -0.15) is 0 Å². The zero-order valence-corrected chi connectivity index (χ0v) is 17.5. The SMILES string of the molecule is CC(C)(C)c1nc2c(c(=O)[nH]1)CCC21CCN(C(=O)/C=C/c2ccccc2)CC1. The van der Waals surface area contributed by atoms with Gasteiger partial charge >= 0.3 is 0 Å². The Bertz CT molecular complexity index is 991. The first-order valence-electron chi connectivity index (χ1n) is 10.4. The standard InChI is InChI=1S/C24H29N3O2/c1-23(2,3)22-25-20-18(21(29)26-22)11-12-24(20)13-15-27(16-14-24)19(28)10-9-17-7-5-4-6-8-17/h4-10H,11-16H2,1-3H3,(H,25,26,29)/b10-9+. The maximum absolute atomic E-state index is 12.6. The van der Waals surface area contributed by atoms with Gasteiger partial charge in [-0.1, -0.05) is 51.1 Å². The smallest absolute Gasteiger partial charge is 0.254 e. The molecule has 1 aromatic heterocycles. The lowest BCUT2D eigenvalue weighted by atomic mass is 9.76. The van der Waals surface area contributed by atoms with Crippen LogP contribution < -0.4 is 5.56 Å².